The third-order valence-electron chi connectivity index (χ3n) is 7.79. The Hall–Kier alpha value is -0.200. The van der Waals surface area contributed by atoms with Gasteiger partial charge in [-0.2, -0.15) is 8.42 Å². The number of unbranched alkanes of at least 4 members (excludes halogenated alkanes) is 17. The maximum Gasteiger partial charge on any atom is 0.297 e. The first kappa shape index (κ1) is 39.9. The minimum absolute atomic E-state index is 0.213. The molecule has 0 atom stereocenters. The first-order valence-corrected chi connectivity index (χ1v) is 18.3. The van der Waals surface area contributed by atoms with Crippen LogP contribution in [0.5, 0.6) is 0 Å². The highest BCUT2D eigenvalue weighted by molar-refractivity contribution is 7.86. The number of hydrogen-bond acceptors (Lipinski definition) is 3. The minimum atomic E-state index is -3.88. The van der Waals surface area contributed by atoms with Crippen LogP contribution in [0.4, 0.5) is 4.53 Å². The van der Waals surface area contributed by atoms with Gasteiger partial charge in [-0.15, -0.1) is 0 Å². The van der Waals surface area contributed by atoms with E-state index in [-0.39, 0.29) is 5.75 Å². The maximum atomic E-state index is 11.3. The summed E-state index contributed by atoms with van der Waals surface area (Å²) in [6.45, 7) is 17.3. The fourth-order valence-corrected chi connectivity index (χ4v) is 5.88. The van der Waals surface area contributed by atoms with E-state index in [0.29, 0.717) is 6.42 Å². The van der Waals surface area contributed by atoms with Gasteiger partial charge >= 0.3 is 0 Å². The van der Waals surface area contributed by atoms with E-state index < -0.39 is 10.1 Å². The summed E-state index contributed by atoms with van der Waals surface area (Å²) in [5.74, 6) is -0.213. The molecule has 0 aromatic heterocycles. The van der Waals surface area contributed by atoms with Crippen molar-refractivity contribution >= 4 is 10.1 Å². The van der Waals surface area contributed by atoms with E-state index in [0.717, 1.165) is 25.7 Å². The molecule has 0 radical (unpaired) electrons. The van der Waals surface area contributed by atoms with Crippen molar-refractivity contribution in [2.45, 2.75) is 176 Å². The average Bonchev–Trinajstić information content (AvgIpc) is 2.92. The van der Waals surface area contributed by atoms with Crippen LogP contribution in [-0.4, -0.2) is 44.8 Å². The standard InChI is InChI=1S/C24H52N.C8H17FO3S/c1-5-9-13-17-21-25(22-18-14-10-6-2,23-19-15-11-7-3)24-20-16-12-8-4;1-2-3-4-5-6-7-8-13(10,11)12-9/h5-24H2,1-4H3;2-8H2,1H3/q+1;. The monoisotopic (exact) mass is 566 g/mol. The van der Waals surface area contributed by atoms with E-state index in [4.69, 9.17) is 0 Å². The zero-order chi connectivity index (χ0) is 28.8. The molecule has 0 fully saturated rings. The van der Waals surface area contributed by atoms with Gasteiger partial charge in [-0.05, 0) is 62.3 Å². The van der Waals surface area contributed by atoms with E-state index in [2.05, 4.69) is 39.0 Å². The predicted molar refractivity (Wildman–Crippen MR) is 166 cm³/mol. The molecule has 0 aromatic carbocycles. The Bertz CT molecular complexity index is 503. The molecule has 0 spiro atoms. The van der Waals surface area contributed by atoms with Gasteiger partial charge < -0.3 is 4.48 Å². The van der Waals surface area contributed by atoms with Crippen molar-refractivity contribution in [2.75, 3.05) is 31.9 Å². The third kappa shape index (κ3) is 27.4. The highest BCUT2D eigenvalue weighted by atomic mass is 32.2. The van der Waals surface area contributed by atoms with Gasteiger partial charge in [0.1, 0.15) is 0 Å². The van der Waals surface area contributed by atoms with Crippen LogP contribution >= 0.6 is 0 Å². The molecule has 4 nitrogen and oxygen atoms in total. The SMILES string of the molecule is CCCCCCCCS(=O)(=O)OF.CCCCCC[N+](CCCCCC)(CCCCCC)CCCCCC. The Morgan fingerprint density at radius 3 is 1.00 bits per heavy atom. The molecule has 0 aromatic rings. The second-order valence-corrected chi connectivity index (χ2v) is 13.2. The number of halogens is 1. The summed E-state index contributed by atoms with van der Waals surface area (Å²) in [5.41, 5.74) is 0. The topological polar surface area (TPSA) is 43.4 Å². The maximum absolute atomic E-state index is 11.3. The minimum Gasteiger partial charge on any atom is -0.324 e. The molecule has 0 unspecified atom stereocenters. The quantitative estimate of drug-likeness (QED) is 0.0698. The summed E-state index contributed by atoms with van der Waals surface area (Å²) in [5, 5.41) is 0. The lowest BCUT2D eigenvalue weighted by molar-refractivity contribution is -0.929. The first-order chi connectivity index (χ1) is 18.4. The van der Waals surface area contributed by atoms with Crippen LogP contribution in [0, 0.1) is 0 Å². The summed E-state index contributed by atoms with van der Waals surface area (Å²) in [4.78, 5) is 0. The van der Waals surface area contributed by atoms with Crippen molar-refractivity contribution in [1.82, 2.24) is 0 Å². The van der Waals surface area contributed by atoms with E-state index in [9.17, 15) is 12.9 Å². The van der Waals surface area contributed by atoms with E-state index in [1.165, 1.54) is 140 Å². The summed E-state index contributed by atoms with van der Waals surface area (Å²) in [6, 6.07) is 0. The van der Waals surface area contributed by atoms with Gasteiger partial charge in [-0.1, -0.05) is 122 Å². The number of nitrogens with zero attached hydrogens (tertiary/aromatic N) is 1. The molecule has 6 heteroatoms. The summed E-state index contributed by atoms with van der Waals surface area (Å²) < 4.78 is 36.6. The summed E-state index contributed by atoms with van der Waals surface area (Å²) >= 11 is 0. The molecular formula is C32H69FNO3S+. The number of rotatable bonds is 28. The predicted octanol–water partition coefficient (Wildman–Crippen LogP) is 10.7. The molecule has 0 saturated heterocycles. The van der Waals surface area contributed by atoms with Crippen LogP contribution in [0.3, 0.4) is 0 Å². The Balaban J connectivity index is 0. The molecule has 232 valence electrons. The number of hydrogen-bond donors (Lipinski definition) is 0. The summed E-state index contributed by atoms with van der Waals surface area (Å²) in [6.07, 6.45) is 28.6. The van der Waals surface area contributed by atoms with Crippen LogP contribution < -0.4 is 0 Å². The van der Waals surface area contributed by atoms with Gasteiger partial charge in [-0.25, -0.2) is 0 Å². The van der Waals surface area contributed by atoms with Crippen LogP contribution in [0.15, 0.2) is 0 Å². The van der Waals surface area contributed by atoms with Crippen molar-refractivity contribution in [2.24, 2.45) is 0 Å². The molecular weight excluding hydrogens is 497 g/mol. The van der Waals surface area contributed by atoms with Crippen LogP contribution in [0.2, 0.25) is 0 Å². The highest BCUT2D eigenvalue weighted by Gasteiger charge is 2.25. The smallest absolute Gasteiger partial charge is 0.297 e. The van der Waals surface area contributed by atoms with E-state index >= 15 is 0 Å². The lowest BCUT2D eigenvalue weighted by atomic mass is 10.1. The molecule has 0 aliphatic heterocycles. The van der Waals surface area contributed by atoms with Crippen LogP contribution in [0.1, 0.15) is 176 Å². The van der Waals surface area contributed by atoms with Crippen molar-refractivity contribution in [3.8, 4) is 0 Å². The van der Waals surface area contributed by atoms with Gasteiger partial charge in [0.15, 0.2) is 0 Å². The van der Waals surface area contributed by atoms with Crippen molar-refractivity contribution in [3.63, 3.8) is 0 Å². The zero-order valence-electron chi connectivity index (χ0n) is 26.6. The average molecular weight is 567 g/mol. The fraction of sp³-hybridized carbons (Fsp3) is 1.00. The molecule has 0 N–H and O–H groups in total. The van der Waals surface area contributed by atoms with Gasteiger partial charge in [0.25, 0.3) is 10.1 Å². The molecule has 0 saturated carbocycles. The Kier molecular flexibility index (Phi) is 31.3. The Labute approximate surface area is 239 Å². The van der Waals surface area contributed by atoms with E-state index in [1.54, 1.807) is 0 Å². The highest BCUT2D eigenvalue weighted by Crippen LogP contribution is 2.19. The zero-order valence-corrected chi connectivity index (χ0v) is 27.4. The fourth-order valence-electron chi connectivity index (χ4n) is 5.26. The Morgan fingerprint density at radius 2 is 0.711 bits per heavy atom. The Morgan fingerprint density at radius 1 is 0.447 bits per heavy atom. The lowest BCUT2D eigenvalue weighted by Gasteiger charge is -2.39. The van der Waals surface area contributed by atoms with Gasteiger partial charge in [0.05, 0.1) is 31.9 Å². The molecule has 0 aliphatic carbocycles. The van der Waals surface area contributed by atoms with Gasteiger partial charge in [0.2, 0.25) is 0 Å². The van der Waals surface area contributed by atoms with Gasteiger partial charge in [-0.3, -0.25) is 0 Å². The summed E-state index contributed by atoms with van der Waals surface area (Å²) in [7, 11) is -3.88. The van der Waals surface area contributed by atoms with E-state index in [1.807, 2.05) is 0 Å². The first-order valence-electron chi connectivity index (χ1n) is 16.7. The molecule has 0 heterocycles. The molecule has 0 rings (SSSR count). The normalized spacial score (nSPS) is 11.9. The number of quaternary nitrogens is 1. The van der Waals surface area contributed by atoms with Crippen molar-refractivity contribution in [3.05, 3.63) is 0 Å². The second-order valence-electron chi connectivity index (χ2n) is 11.6. The third-order valence-corrected chi connectivity index (χ3v) is 8.77. The van der Waals surface area contributed by atoms with Crippen molar-refractivity contribution < 1.29 is 21.8 Å². The molecule has 0 bridgehead atoms. The van der Waals surface area contributed by atoms with Crippen molar-refractivity contribution in [1.29, 1.82) is 0 Å². The molecule has 38 heavy (non-hydrogen) atoms. The van der Waals surface area contributed by atoms with Crippen LogP contribution in [-0.2, 0) is 14.5 Å². The largest absolute Gasteiger partial charge is 0.324 e. The lowest BCUT2D eigenvalue weighted by Crippen LogP contribution is -2.50. The van der Waals surface area contributed by atoms with Crippen LogP contribution in [0.25, 0.3) is 0 Å². The molecule has 0 amide bonds. The second kappa shape index (κ2) is 29.8. The molecule has 0 aliphatic rings. The van der Waals surface area contributed by atoms with Gasteiger partial charge in [0, 0.05) is 0 Å².